The first kappa shape index (κ1) is 24.2. The van der Waals surface area contributed by atoms with Crippen LogP contribution in [0.3, 0.4) is 0 Å². The van der Waals surface area contributed by atoms with Gasteiger partial charge in [0.1, 0.15) is 0 Å². The van der Waals surface area contributed by atoms with E-state index in [1.54, 1.807) is 0 Å². The van der Waals surface area contributed by atoms with Crippen LogP contribution in [0.1, 0.15) is 74.7 Å². The van der Waals surface area contributed by atoms with E-state index in [1.165, 1.54) is 9.13 Å². The predicted octanol–water partition coefficient (Wildman–Crippen LogP) is 6.01. The van der Waals surface area contributed by atoms with Crippen molar-refractivity contribution in [3.05, 3.63) is 69.3 Å². The number of carbonyl (C=O) groups excluding carboxylic acids is 2. The summed E-state index contributed by atoms with van der Waals surface area (Å²) in [5.41, 5.74) is 1.50. The van der Waals surface area contributed by atoms with Gasteiger partial charge in [0.15, 0.2) is 0 Å². The van der Waals surface area contributed by atoms with Gasteiger partial charge in [-0.2, -0.15) is 0 Å². The smallest absolute Gasteiger partial charge is 0.251 e. The third kappa shape index (κ3) is 5.28. The fourth-order valence-corrected chi connectivity index (χ4v) is 6.24. The maximum Gasteiger partial charge on any atom is 0.251 e. The first-order valence-electron chi connectivity index (χ1n) is 12.1. The van der Waals surface area contributed by atoms with E-state index in [0.717, 1.165) is 45.2 Å². The summed E-state index contributed by atoms with van der Waals surface area (Å²) in [5.74, 6) is 0.383. The number of nitrogens with zero attached hydrogens (tertiary/aromatic N) is 1. The summed E-state index contributed by atoms with van der Waals surface area (Å²) in [6, 6.07) is 18.1. The highest BCUT2D eigenvalue weighted by Gasteiger charge is 2.46. The second kappa shape index (κ2) is 9.77. The maximum absolute atomic E-state index is 13.8. The molecule has 1 saturated heterocycles. The van der Waals surface area contributed by atoms with Gasteiger partial charge in [0.25, 0.3) is 5.91 Å². The molecule has 1 unspecified atom stereocenters. The van der Waals surface area contributed by atoms with Crippen molar-refractivity contribution >= 4 is 34.4 Å². The Balaban J connectivity index is 1.49. The summed E-state index contributed by atoms with van der Waals surface area (Å²) in [6.45, 7) is 8.16. The minimum atomic E-state index is -0.515. The minimum Gasteiger partial charge on any atom is -0.346 e. The molecule has 0 spiro atoms. The fourth-order valence-electron chi connectivity index (χ4n) is 5.88. The first-order chi connectivity index (χ1) is 15.7. The molecule has 0 radical (unpaired) electrons. The van der Waals surface area contributed by atoms with Gasteiger partial charge in [0.2, 0.25) is 5.91 Å². The highest BCUT2D eigenvalue weighted by Crippen LogP contribution is 2.44. The van der Waals surface area contributed by atoms with E-state index in [1.807, 2.05) is 30.3 Å². The molecule has 2 aromatic carbocycles. The van der Waals surface area contributed by atoms with Gasteiger partial charge >= 0.3 is 0 Å². The van der Waals surface area contributed by atoms with Crippen LogP contribution in [-0.4, -0.2) is 35.3 Å². The van der Waals surface area contributed by atoms with Crippen LogP contribution in [0.15, 0.2) is 54.6 Å². The highest BCUT2D eigenvalue weighted by molar-refractivity contribution is 14.1. The quantitative estimate of drug-likeness (QED) is 0.468. The van der Waals surface area contributed by atoms with E-state index in [9.17, 15) is 9.59 Å². The Morgan fingerprint density at radius 3 is 2.33 bits per heavy atom. The third-order valence-electron chi connectivity index (χ3n) is 7.75. The molecule has 5 heteroatoms. The Labute approximate surface area is 211 Å². The molecule has 176 valence electrons. The average Bonchev–Trinajstić information content (AvgIpc) is 2.79. The molecule has 1 heterocycles. The summed E-state index contributed by atoms with van der Waals surface area (Å²) in [5, 5.41) is 3.26. The molecular formula is C28H35IN2O2. The van der Waals surface area contributed by atoms with E-state index < -0.39 is 5.54 Å². The van der Waals surface area contributed by atoms with Crippen LogP contribution in [0, 0.1) is 14.9 Å². The zero-order valence-electron chi connectivity index (χ0n) is 19.9. The second-order valence-corrected chi connectivity index (χ2v) is 11.9. The molecule has 33 heavy (non-hydrogen) atoms. The van der Waals surface area contributed by atoms with Gasteiger partial charge in [-0.15, -0.1) is 0 Å². The largest absolute Gasteiger partial charge is 0.346 e. The number of halogens is 1. The van der Waals surface area contributed by atoms with E-state index in [2.05, 4.69) is 77.8 Å². The molecular weight excluding hydrogens is 523 g/mol. The number of hydrogen-bond donors (Lipinski definition) is 1. The zero-order valence-corrected chi connectivity index (χ0v) is 22.1. The van der Waals surface area contributed by atoms with Gasteiger partial charge in [-0.25, -0.2) is 0 Å². The lowest BCUT2D eigenvalue weighted by molar-refractivity contribution is -0.143. The van der Waals surface area contributed by atoms with Gasteiger partial charge in [-0.1, -0.05) is 57.0 Å². The van der Waals surface area contributed by atoms with Crippen molar-refractivity contribution < 1.29 is 9.59 Å². The Hall–Kier alpha value is -1.89. The molecule has 4 nitrogen and oxygen atoms in total. The van der Waals surface area contributed by atoms with Crippen LogP contribution in [0.2, 0.25) is 0 Å². The number of piperidine rings is 1. The van der Waals surface area contributed by atoms with Gasteiger partial charge in [-0.05, 0) is 89.9 Å². The lowest BCUT2D eigenvalue weighted by Gasteiger charge is -2.48. The number of amides is 2. The molecule has 1 aliphatic heterocycles. The lowest BCUT2D eigenvalue weighted by Crippen LogP contribution is -2.59. The average molecular weight is 559 g/mol. The molecule has 4 rings (SSSR count). The number of benzene rings is 2. The van der Waals surface area contributed by atoms with E-state index in [4.69, 9.17) is 0 Å². The second-order valence-electron chi connectivity index (χ2n) is 10.7. The van der Waals surface area contributed by atoms with Crippen molar-refractivity contribution in [1.82, 2.24) is 10.2 Å². The molecule has 2 aromatic rings. The van der Waals surface area contributed by atoms with Crippen LogP contribution in [0.25, 0.3) is 0 Å². The minimum absolute atomic E-state index is 0.000938. The predicted molar refractivity (Wildman–Crippen MR) is 141 cm³/mol. The summed E-state index contributed by atoms with van der Waals surface area (Å²) in [4.78, 5) is 28.9. The van der Waals surface area contributed by atoms with Crippen molar-refractivity contribution in [2.24, 2.45) is 11.3 Å². The van der Waals surface area contributed by atoms with Crippen molar-refractivity contribution in [3.63, 3.8) is 0 Å². The standard InChI is InChI=1S/C28H35IN2O2/c1-27(2)19-31(18-16-23(27)20-12-14-22(29)15-13-20)26(33)24-11-7-8-17-28(24,3)30-25(32)21-9-5-4-6-10-21/h4-6,9-10,12-15,23-24H,7-8,11,16-19H2,1-3H3,(H,30,32)/t23?,24-,28-/m1/s1. The summed E-state index contributed by atoms with van der Waals surface area (Å²) >= 11 is 2.34. The maximum atomic E-state index is 13.8. The summed E-state index contributed by atoms with van der Waals surface area (Å²) in [6.07, 6.45) is 4.72. The molecule has 2 fully saturated rings. The molecule has 2 aliphatic rings. The number of likely N-dealkylation sites (tertiary alicyclic amines) is 1. The molecule has 0 bridgehead atoms. The fraction of sp³-hybridized carbons (Fsp3) is 0.500. The van der Waals surface area contributed by atoms with Gasteiger partial charge in [-0.3, -0.25) is 9.59 Å². The molecule has 1 aliphatic carbocycles. The lowest BCUT2D eigenvalue weighted by atomic mass is 9.69. The number of hydrogen-bond acceptors (Lipinski definition) is 2. The number of nitrogens with one attached hydrogen (secondary N) is 1. The van der Waals surface area contributed by atoms with Crippen LogP contribution in [0.4, 0.5) is 0 Å². The Bertz CT molecular complexity index is 989. The third-order valence-corrected chi connectivity index (χ3v) is 8.47. The van der Waals surface area contributed by atoms with E-state index in [0.29, 0.717) is 11.5 Å². The Morgan fingerprint density at radius 2 is 1.67 bits per heavy atom. The first-order valence-corrected chi connectivity index (χ1v) is 13.2. The van der Waals surface area contributed by atoms with Gasteiger partial charge in [0.05, 0.1) is 5.92 Å². The zero-order chi connectivity index (χ0) is 23.6. The van der Waals surface area contributed by atoms with E-state index >= 15 is 0 Å². The SMILES string of the molecule is CC1(C)CN(C(=O)[C@H]2CCCC[C@@]2(C)NC(=O)c2ccccc2)CCC1c1ccc(I)cc1. The van der Waals surface area contributed by atoms with Crippen LogP contribution in [0.5, 0.6) is 0 Å². The number of rotatable bonds is 4. The Morgan fingerprint density at radius 1 is 0.970 bits per heavy atom. The molecule has 0 aromatic heterocycles. The molecule has 1 N–H and O–H groups in total. The normalized spacial score (nSPS) is 27.1. The van der Waals surface area contributed by atoms with Gasteiger partial charge < -0.3 is 10.2 Å². The van der Waals surface area contributed by atoms with Crippen LogP contribution < -0.4 is 5.32 Å². The summed E-state index contributed by atoms with van der Waals surface area (Å²) in [7, 11) is 0. The van der Waals surface area contributed by atoms with Crippen molar-refractivity contribution in [1.29, 1.82) is 0 Å². The van der Waals surface area contributed by atoms with Gasteiger partial charge in [0, 0.05) is 27.8 Å². The molecule has 1 saturated carbocycles. The highest BCUT2D eigenvalue weighted by atomic mass is 127. The van der Waals surface area contributed by atoms with Crippen LogP contribution in [-0.2, 0) is 4.79 Å². The van der Waals surface area contributed by atoms with Crippen molar-refractivity contribution in [2.45, 2.75) is 64.3 Å². The molecule has 2 amide bonds. The van der Waals surface area contributed by atoms with Crippen molar-refractivity contribution in [2.75, 3.05) is 13.1 Å². The summed E-state index contributed by atoms with van der Waals surface area (Å²) < 4.78 is 1.25. The van der Waals surface area contributed by atoms with E-state index in [-0.39, 0.29) is 23.1 Å². The van der Waals surface area contributed by atoms with Crippen LogP contribution >= 0.6 is 22.6 Å². The molecule has 3 atom stereocenters. The topological polar surface area (TPSA) is 49.4 Å². The number of carbonyl (C=O) groups is 2. The Kier molecular flexibility index (Phi) is 7.18. The van der Waals surface area contributed by atoms with Crippen molar-refractivity contribution in [3.8, 4) is 0 Å². The monoisotopic (exact) mass is 558 g/mol.